The van der Waals surface area contributed by atoms with Crippen LogP contribution in [0.5, 0.6) is 0 Å². The number of benzene rings is 1. The Bertz CT molecular complexity index is 627. The van der Waals surface area contributed by atoms with E-state index in [1.807, 2.05) is 0 Å². The minimum Gasteiger partial charge on any atom is -0.444 e. The third-order valence-electron chi connectivity index (χ3n) is 3.42. The number of carbonyl (C=O) groups is 2. The molecule has 2 atom stereocenters. The van der Waals surface area contributed by atoms with Gasteiger partial charge in [0.1, 0.15) is 11.6 Å². The average Bonchev–Trinajstić information content (AvgIpc) is 2.45. The SMILES string of the molecule is CC(NC(=O)C(NC(=O)OC(C)(C)C)C(C)C)c1ccc(F)c(F)c1. The van der Waals surface area contributed by atoms with Gasteiger partial charge in [0.25, 0.3) is 0 Å². The van der Waals surface area contributed by atoms with Crippen molar-refractivity contribution in [3.8, 4) is 0 Å². The average molecular weight is 356 g/mol. The Labute approximate surface area is 147 Å². The topological polar surface area (TPSA) is 67.4 Å². The Morgan fingerprint density at radius 2 is 1.64 bits per heavy atom. The van der Waals surface area contributed by atoms with Crippen LogP contribution in [0.4, 0.5) is 13.6 Å². The largest absolute Gasteiger partial charge is 0.444 e. The summed E-state index contributed by atoms with van der Waals surface area (Å²) in [6.45, 7) is 10.4. The van der Waals surface area contributed by atoms with E-state index in [0.29, 0.717) is 5.56 Å². The Balaban J connectivity index is 2.78. The molecule has 0 spiro atoms. The molecule has 1 rings (SSSR count). The smallest absolute Gasteiger partial charge is 0.408 e. The maximum Gasteiger partial charge on any atom is 0.408 e. The fourth-order valence-corrected chi connectivity index (χ4v) is 2.14. The van der Waals surface area contributed by atoms with Crippen molar-refractivity contribution in [2.24, 2.45) is 5.92 Å². The molecule has 2 N–H and O–H groups in total. The molecule has 140 valence electrons. The molecule has 0 aliphatic carbocycles. The number of hydrogen-bond acceptors (Lipinski definition) is 3. The maximum absolute atomic E-state index is 13.3. The van der Waals surface area contributed by atoms with Crippen molar-refractivity contribution in [3.05, 3.63) is 35.4 Å². The van der Waals surface area contributed by atoms with E-state index in [0.717, 1.165) is 12.1 Å². The van der Waals surface area contributed by atoms with Gasteiger partial charge in [0.15, 0.2) is 11.6 Å². The van der Waals surface area contributed by atoms with Gasteiger partial charge in [-0.15, -0.1) is 0 Å². The van der Waals surface area contributed by atoms with Crippen LogP contribution in [0.2, 0.25) is 0 Å². The highest BCUT2D eigenvalue weighted by molar-refractivity contribution is 5.86. The molecule has 0 saturated carbocycles. The van der Waals surface area contributed by atoms with Gasteiger partial charge >= 0.3 is 6.09 Å². The highest BCUT2D eigenvalue weighted by atomic mass is 19.2. The first-order valence-electron chi connectivity index (χ1n) is 8.15. The molecule has 0 saturated heterocycles. The van der Waals surface area contributed by atoms with Crippen molar-refractivity contribution in [2.75, 3.05) is 0 Å². The van der Waals surface area contributed by atoms with Crippen molar-refractivity contribution in [1.82, 2.24) is 10.6 Å². The molecule has 2 unspecified atom stereocenters. The van der Waals surface area contributed by atoms with E-state index in [-0.39, 0.29) is 5.92 Å². The van der Waals surface area contributed by atoms with Gasteiger partial charge in [0.2, 0.25) is 5.91 Å². The predicted octanol–water partition coefficient (Wildman–Crippen LogP) is 3.69. The van der Waals surface area contributed by atoms with Gasteiger partial charge < -0.3 is 15.4 Å². The van der Waals surface area contributed by atoms with Crippen molar-refractivity contribution >= 4 is 12.0 Å². The van der Waals surface area contributed by atoms with Crippen molar-refractivity contribution < 1.29 is 23.1 Å². The van der Waals surface area contributed by atoms with E-state index >= 15 is 0 Å². The van der Waals surface area contributed by atoms with Crippen LogP contribution in [-0.2, 0) is 9.53 Å². The van der Waals surface area contributed by atoms with Crippen molar-refractivity contribution in [3.63, 3.8) is 0 Å². The second-order valence-corrected chi connectivity index (χ2v) is 7.27. The molecular weight excluding hydrogens is 330 g/mol. The van der Waals surface area contributed by atoms with Crippen LogP contribution >= 0.6 is 0 Å². The minimum absolute atomic E-state index is 0.190. The lowest BCUT2D eigenvalue weighted by Gasteiger charge is -2.26. The highest BCUT2D eigenvalue weighted by Crippen LogP contribution is 2.17. The predicted molar refractivity (Wildman–Crippen MR) is 90.9 cm³/mol. The maximum atomic E-state index is 13.3. The number of carbonyl (C=O) groups excluding carboxylic acids is 2. The number of halogens is 2. The van der Waals surface area contributed by atoms with Gasteiger partial charge in [0, 0.05) is 0 Å². The van der Waals surface area contributed by atoms with Crippen LogP contribution in [0.3, 0.4) is 0 Å². The summed E-state index contributed by atoms with van der Waals surface area (Å²) in [7, 11) is 0. The molecule has 0 aliphatic rings. The Kier molecular flexibility index (Phi) is 6.90. The minimum atomic E-state index is -0.981. The molecule has 0 bridgehead atoms. The van der Waals surface area contributed by atoms with E-state index in [4.69, 9.17) is 4.74 Å². The summed E-state index contributed by atoms with van der Waals surface area (Å²) < 4.78 is 31.5. The number of rotatable bonds is 5. The molecule has 1 aromatic carbocycles. The summed E-state index contributed by atoms with van der Waals surface area (Å²) in [6.07, 6.45) is -0.693. The lowest BCUT2D eigenvalue weighted by atomic mass is 10.0. The molecular formula is C18H26F2N2O3. The number of alkyl carbamates (subject to hydrolysis) is 1. The Hall–Kier alpha value is -2.18. The number of ether oxygens (including phenoxy) is 1. The third-order valence-corrected chi connectivity index (χ3v) is 3.42. The highest BCUT2D eigenvalue weighted by Gasteiger charge is 2.28. The van der Waals surface area contributed by atoms with Crippen molar-refractivity contribution in [2.45, 2.75) is 59.2 Å². The zero-order valence-electron chi connectivity index (χ0n) is 15.4. The summed E-state index contributed by atoms with van der Waals surface area (Å²) in [5.74, 6) is -2.55. The first kappa shape index (κ1) is 20.9. The fraction of sp³-hybridized carbons (Fsp3) is 0.556. The molecule has 0 aromatic heterocycles. The molecule has 1 aromatic rings. The summed E-state index contributed by atoms with van der Waals surface area (Å²) in [5, 5.41) is 5.24. The number of hydrogen-bond donors (Lipinski definition) is 2. The molecule has 25 heavy (non-hydrogen) atoms. The quantitative estimate of drug-likeness (QED) is 0.845. The molecule has 0 radical (unpaired) electrons. The van der Waals surface area contributed by atoms with Crippen LogP contribution in [-0.4, -0.2) is 23.6 Å². The first-order chi connectivity index (χ1) is 11.4. The van der Waals surface area contributed by atoms with E-state index in [9.17, 15) is 18.4 Å². The van der Waals surface area contributed by atoms with Crippen LogP contribution in [0.25, 0.3) is 0 Å². The van der Waals surface area contributed by atoms with Crippen LogP contribution in [0, 0.1) is 17.6 Å². The van der Waals surface area contributed by atoms with Crippen LogP contribution in [0.1, 0.15) is 53.1 Å². The van der Waals surface area contributed by atoms with Gasteiger partial charge in [-0.3, -0.25) is 4.79 Å². The number of nitrogens with one attached hydrogen (secondary N) is 2. The second kappa shape index (κ2) is 8.27. The summed E-state index contributed by atoms with van der Waals surface area (Å²) in [4.78, 5) is 24.4. The molecule has 0 heterocycles. The summed E-state index contributed by atoms with van der Waals surface area (Å²) >= 11 is 0. The van der Waals surface area contributed by atoms with E-state index in [1.165, 1.54) is 6.07 Å². The standard InChI is InChI=1S/C18H26F2N2O3/c1-10(2)15(22-17(24)25-18(4,5)6)16(23)21-11(3)12-7-8-13(19)14(20)9-12/h7-11,15H,1-6H3,(H,21,23)(H,22,24). The van der Waals surface area contributed by atoms with Gasteiger partial charge in [-0.25, -0.2) is 13.6 Å². The van der Waals surface area contributed by atoms with Crippen LogP contribution in [0.15, 0.2) is 18.2 Å². The zero-order chi connectivity index (χ0) is 19.4. The summed E-state index contributed by atoms with van der Waals surface area (Å²) in [6, 6.07) is 2.07. The fourth-order valence-electron chi connectivity index (χ4n) is 2.14. The van der Waals surface area contributed by atoms with Crippen LogP contribution < -0.4 is 10.6 Å². The molecule has 5 nitrogen and oxygen atoms in total. The van der Waals surface area contributed by atoms with E-state index in [2.05, 4.69) is 10.6 Å². The van der Waals surface area contributed by atoms with Gasteiger partial charge in [0.05, 0.1) is 6.04 Å². The molecule has 7 heteroatoms. The Morgan fingerprint density at radius 3 is 2.12 bits per heavy atom. The van der Waals surface area contributed by atoms with Crippen molar-refractivity contribution in [1.29, 1.82) is 0 Å². The van der Waals surface area contributed by atoms with E-state index < -0.39 is 41.3 Å². The molecule has 2 amide bonds. The zero-order valence-corrected chi connectivity index (χ0v) is 15.4. The monoisotopic (exact) mass is 356 g/mol. The lowest BCUT2D eigenvalue weighted by Crippen LogP contribution is -2.51. The van der Waals surface area contributed by atoms with Gasteiger partial charge in [-0.2, -0.15) is 0 Å². The first-order valence-corrected chi connectivity index (χ1v) is 8.15. The lowest BCUT2D eigenvalue weighted by molar-refractivity contribution is -0.124. The third kappa shape index (κ3) is 6.68. The van der Waals surface area contributed by atoms with Gasteiger partial charge in [-0.1, -0.05) is 19.9 Å². The number of amides is 2. The van der Waals surface area contributed by atoms with E-state index in [1.54, 1.807) is 41.5 Å². The normalized spacial score (nSPS) is 14.0. The molecule has 0 fully saturated rings. The second-order valence-electron chi connectivity index (χ2n) is 7.27. The molecule has 0 aliphatic heterocycles. The van der Waals surface area contributed by atoms with Gasteiger partial charge in [-0.05, 0) is 51.3 Å². The Morgan fingerprint density at radius 1 is 1.04 bits per heavy atom. The summed E-state index contributed by atoms with van der Waals surface area (Å²) in [5.41, 5.74) is -0.256.